The Labute approximate surface area is 140 Å². The van der Waals surface area contributed by atoms with Gasteiger partial charge in [-0.3, -0.25) is 4.79 Å². The van der Waals surface area contributed by atoms with Crippen molar-refractivity contribution in [3.63, 3.8) is 0 Å². The maximum atomic E-state index is 12.3. The number of hydrogen-bond donors (Lipinski definition) is 1. The number of aryl methyl sites for hydroxylation is 2. The number of carbonyl (C=O) groups excluding carboxylic acids is 1. The fourth-order valence-electron chi connectivity index (χ4n) is 2.10. The van der Waals surface area contributed by atoms with Crippen LogP contribution >= 0.6 is 38.5 Å². The summed E-state index contributed by atoms with van der Waals surface area (Å²) in [7, 11) is 0. The maximum absolute atomic E-state index is 12.3. The van der Waals surface area contributed by atoms with Crippen molar-refractivity contribution in [3.8, 4) is 0 Å². The van der Waals surface area contributed by atoms with Gasteiger partial charge in [0.05, 0.1) is 11.6 Å². The van der Waals surface area contributed by atoms with Crippen LogP contribution in [0.4, 0.5) is 0 Å². The molecule has 20 heavy (non-hydrogen) atoms. The Hall–Kier alpha value is -0.820. The molecule has 1 N–H and O–H groups in total. The molecule has 1 aromatic heterocycles. The number of amides is 1. The third kappa shape index (κ3) is 3.44. The van der Waals surface area contributed by atoms with E-state index < -0.39 is 0 Å². The molecule has 1 aromatic carbocycles. The molecule has 0 fully saturated rings. The number of nitrogens with one attached hydrogen (secondary N) is 1. The summed E-state index contributed by atoms with van der Waals surface area (Å²) >= 11 is 5.61. The lowest BCUT2D eigenvalue weighted by molar-refractivity contribution is 0.0939. The molecule has 0 aliphatic carbocycles. The molecule has 106 valence electrons. The Balaban J connectivity index is 2.19. The second kappa shape index (κ2) is 6.30. The van der Waals surface area contributed by atoms with Gasteiger partial charge in [0.2, 0.25) is 0 Å². The minimum Gasteiger partial charge on any atom is -0.466 e. The van der Waals surface area contributed by atoms with Crippen LogP contribution in [-0.2, 0) is 0 Å². The van der Waals surface area contributed by atoms with E-state index in [4.69, 9.17) is 4.42 Å². The monoisotopic (exact) mass is 447 g/mol. The molecule has 0 aliphatic heterocycles. The Morgan fingerprint density at radius 3 is 2.65 bits per heavy atom. The average molecular weight is 448 g/mol. The summed E-state index contributed by atoms with van der Waals surface area (Å²) in [6, 6.07) is 7.57. The lowest BCUT2D eigenvalue weighted by Gasteiger charge is -2.14. The topological polar surface area (TPSA) is 42.2 Å². The number of furan rings is 1. The van der Waals surface area contributed by atoms with Crippen molar-refractivity contribution in [1.29, 1.82) is 0 Å². The quantitative estimate of drug-likeness (QED) is 0.689. The standard InChI is InChI=1S/C15H15BrINO2/c1-8-6-12(10(3)20-8)9(2)18-15(19)13-7-11(17)4-5-14(13)16/h4-7,9H,1-3H3,(H,18,19). The first kappa shape index (κ1) is 15.6. The molecule has 0 spiro atoms. The predicted octanol–water partition coefficient (Wildman–Crippen LogP) is 4.75. The van der Waals surface area contributed by atoms with Gasteiger partial charge in [0.15, 0.2) is 0 Å². The van der Waals surface area contributed by atoms with Crippen LogP contribution in [0.5, 0.6) is 0 Å². The van der Waals surface area contributed by atoms with Crippen LogP contribution in [0.15, 0.2) is 33.2 Å². The molecule has 1 atom stereocenters. The minimum absolute atomic E-state index is 0.0929. The summed E-state index contributed by atoms with van der Waals surface area (Å²) in [6.07, 6.45) is 0. The van der Waals surface area contributed by atoms with Crippen molar-refractivity contribution in [3.05, 3.63) is 55.0 Å². The molecule has 3 nitrogen and oxygen atoms in total. The van der Waals surface area contributed by atoms with Gasteiger partial charge in [0, 0.05) is 13.6 Å². The summed E-state index contributed by atoms with van der Waals surface area (Å²) < 4.78 is 7.32. The minimum atomic E-state index is -0.0962. The molecule has 1 unspecified atom stereocenters. The van der Waals surface area contributed by atoms with Crippen molar-refractivity contribution in [2.24, 2.45) is 0 Å². The SMILES string of the molecule is Cc1cc(C(C)NC(=O)c2cc(I)ccc2Br)c(C)o1. The van der Waals surface area contributed by atoms with Gasteiger partial charge in [0.1, 0.15) is 11.5 Å². The lowest BCUT2D eigenvalue weighted by Crippen LogP contribution is -2.27. The molecular formula is C15H15BrINO2. The van der Waals surface area contributed by atoms with Crippen molar-refractivity contribution in [2.45, 2.75) is 26.8 Å². The van der Waals surface area contributed by atoms with Crippen LogP contribution in [0.3, 0.4) is 0 Å². The summed E-state index contributed by atoms with van der Waals surface area (Å²) in [6.45, 7) is 5.77. The van der Waals surface area contributed by atoms with Crippen LogP contribution in [-0.4, -0.2) is 5.91 Å². The highest BCUT2D eigenvalue weighted by molar-refractivity contribution is 14.1. The largest absolute Gasteiger partial charge is 0.466 e. The van der Waals surface area contributed by atoms with E-state index in [-0.39, 0.29) is 11.9 Å². The summed E-state index contributed by atoms with van der Waals surface area (Å²) in [5, 5.41) is 3.00. The highest BCUT2D eigenvalue weighted by atomic mass is 127. The second-order valence-corrected chi connectivity index (χ2v) is 6.79. The zero-order valence-corrected chi connectivity index (χ0v) is 15.2. The van der Waals surface area contributed by atoms with Gasteiger partial charge in [-0.1, -0.05) is 0 Å². The number of carbonyl (C=O) groups is 1. The summed E-state index contributed by atoms with van der Waals surface area (Å²) in [5.41, 5.74) is 1.65. The zero-order chi connectivity index (χ0) is 14.9. The predicted molar refractivity (Wildman–Crippen MR) is 90.9 cm³/mol. The van der Waals surface area contributed by atoms with Gasteiger partial charge in [-0.25, -0.2) is 0 Å². The number of rotatable bonds is 3. The first-order valence-corrected chi connectivity index (χ1v) is 8.08. The second-order valence-electron chi connectivity index (χ2n) is 4.69. The molecule has 2 aromatic rings. The van der Waals surface area contributed by atoms with Crippen LogP contribution in [0, 0.1) is 17.4 Å². The van der Waals surface area contributed by atoms with E-state index in [9.17, 15) is 4.79 Å². The van der Waals surface area contributed by atoms with Crippen molar-refractivity contribution >= 4 is 44.4 Å². The molecule has 0 bridgehead atoms. The van der Waals surface area contributed by atoms with Gasteiger partial charge in [0.25, 0.3) is 5.91 Å². The molecule has 0 saturated carbocycles. The smallest absolute Gasteiger partial charge is 0.252 e. The average Bonchev–Trinajstić information content (AvgIpc) is 2.71. The molecule has 1 heterocycles. The van der Waals surface area contributed by atoms with E-state index in [2.05, 4.69) is 43.8 Å². The van der Waals surface area contributed by atoms with Crippen LogP contribution in [0.1, 0.15) is 40.4 Å². The highest BCUT2D eigenvalue weighted by Crippen LogP contribution is 2.23. The van der Waals surface area contributed by atoms with Crippen LogP contribution in [0.25, 0.3) is 0 Å². The zero-order valence-electron chi connectivity index (χ0n) is 11.5. The first-order valence-electron chi connectivity index (χ1n) is 6.21. The molecule has 2 rings (SSSR count). The number of halogens is 2. The first-order chi connectivity index (χ1) is 9.38. The fourth-order valence-corrected chi connectivity index (χ4v) is 3.02. The lowest BCUT2D eigenvalue weighted by atomic mass is 10.1. The van der Waals surface area contributed by atoms with Crippen LogP contribution < -0.4 is 5.32 Å². The molecule has 0 aliphatic rings. The van der Waals surface area contributed by atoms with Gasteiger partial charge in [-0.2, -0.15) is 0 Å². The van der Waals surface area contributed by atoms with Crippen LogP contribution in [0.2, 0.25) is 0 Å². The van der Waals surface area contributed by atoms with Gasteiger partial charge in [-0.05, 0) is 83.6 Å². The molecule has 0 radical (unpaired) electrons. The Kier molecular flexibility index (Phi) is 4.90. The van der Waals surface area contributed by atoms with Gasteiger partial charge < -0.3 is 9.73 Å². The van der Waals surface area contributed by atoms with E-state index in [1.54, 1.807) is 0 Å². The van der Waals surface area contributed by atoms with Crippen molar-refractivity contribution in [2.75, 3.05) is 0 Å². The number of benzene rings is 1. The molecular weight excluding hydrogens is 433 g/mol. The van der Waals surface area contributed by atoms with Gasteiger partial charge >= 0.3 is 0 Å². The van der Waals surface area contributed by atoms with E-state index >= 15 is 0 Å². The Bertz CT molecular complexity index is 651. The Morgan fingerprint density at radius 2 is 2.05 bits per heavy atom. The van der Waals surface area contributed by atoms with Crippen molar-refractivity contribution < 1.29 is 9.21 Å². The summed E-state index contributed by atoms with van der Waals surface area (Å²) in [4.78, 5) is 12.3. The normalized spacial score (nSPS) is 12.2. The third-order valence-corrected chi connectivity index (χ3v) is 4.43. The number of hydrogen-bond acceptors (Lipinski definition) is 2. The maximum Gasteiger partial charge on any atom is 0.252 e. The van der Waals surface area contributed by atoms with E-state index in [1.807, 2.05) is 45.0 Å². The van der Waals surface area contributed by atoms with E-state index in [0.29, 0.717) is 5.56 Å². The highest BCUT2D eigenvalue weighted by Gasteiger charge is 2.17. The summed E-state index contributed by atoms with van der Waals surface area (Å²) in [5.74, 6) is 1.60. The fraction of sp³-hybridized carbons (Fsp3) is 0.267. The van der Waals surface area contributed by atoms with Crippen molar-refractivity contribution in [1.82, 2.24) is 5.32 Å². The Morgan fingerprint density at radius 1 is 1.35 bits per heavy atom. The van der Waals surface area contributed by atoms with Gasteiger partial charge in [-0.15, -0.1) is 0 Å². The molecule has 5 heteroatoms. The van der Waals surface area contributed by atoms with E-state index in [1.165, 1.54) is 0 Å². The molecule has 0 saturated heterocycles. The van der Waals surface area contributed by atoms with E-state index in [0.717, 1.165) is 25.1 Å². The molecule has 1 amide bonds. The third-order valence-electron chi connectivity index (χ3n) is 3.07.